The smallest absolute Gasteiger partial charge is 0.341 e. The summed E-state index contributed by atoms with van der Waals surface area (Å²) in [6.45, 7) is 0.745. The van der Waals surface area contributed by atoms with Crippen LogP contribution in [0.4, 0.5) is 4.39 Å². The van der Waals surface area contributed by atoms with Gasteiger partial charge in [-0.3, -0.25) is 4.79 Å². The van der Waals surface area contributed by atoms with E-state index in [-0.39, 0.29) is 28.3 Å². The van der Waals surface area contributed by atoms with Gasteiger partial charge in [0.1, 0.15) is 11.4 Å². The van der Waals surface area contributed by atoms with Crippen molar-refractivity contribution in [3.63, 3.8) is 0 Å². The Morgan fingerprint density at radius 1 is 1.29 bits per heavy atom. The maximum atomic E-state index is 15.4. The first kappa shape index (κ1) is 18.6. The molecule has 31 heavy (non-hydrogen) atoms. The quantitative estimate of drug-likeness (QED) is 0.668. The lowest BCUT2D eigenvalue weighted by Gasteiger charge is -2.19. The number of carbonyl (C=O) groups is 1. The fourth-order valence-corrected chi connectivity index (χ4v) is 5.01. The predicted molar refractivity (Wildman–Crippen MR) is 113 cm³/mol. The lowest BCUT2D eigenvalue weighted by Crippen LogP contribution is -2.19. The Kier molecular flexibility index (Phi) is 3.69. The summed E-state index contributed by atoms with van der Waals surface area (Å²) in [7, 11) is 1.46. The highest BCUT2D eigenvalue weighted by Crippen LogP contribution is 2.51. The standard InChI is InChI=1S/C24H21FN2O4/c1-31-22-19(12-2-5-17-13(8-12)10-26-24(17)6-7-24)18(25)9-15-20(22)27(14-3-4-14)11-16(21(15)28)23(29)30/h2,5,8-9,11,14,26H,3-4,6-7,10H2,1H3,(H,29,30). The zero-order valence-corrected chi connectivity index (χ0v) is 17.0. The molecule has 3 aromatic rings. The first-order chi connectivity index (χ1) is 14.9. The topological polar surface area (TPSA) is 80.6 Å². The van der Waals surface area contributed by atoms with Gasteiger partial charge in [-0.2, -0.15) is 0 Å². The highest BCUT2D eigenvalue weighted by atomic mass is 19.1. The van der Waals surface area contributed by atoms with Crippen molar-refractivity contribution in [2.75, 3.05) is 7.11 Å². The summed E-state index contributed by atoms with van der Waals surface area (Å²) in [5.41, 5.74) is 2.91. The third-order valence-corrected chi connectivity index (χ3v) is 6.87. The number of fused-ring (bicyclic) bond motifs is 3. The number of halogens is 1. The molecule has 7 heteroatoms. The zero-order valence-electron chi connectivity index (χ0n) is 17.0. The van der Waals surface area contributed by atoms with Crippen molar-refractivity contribution < 1.29 is 19.0 Å². The number of aromatic nitrogens is 1. The lowest BCUT2D eigenvalue weighted by molar-refractivity contribution is 0.0695. The Bertz CT molecular complexity index is 1350. The highest BCUT2D eigenvalue weighted by molar-refractivity contribution is 5.98. The number of carboxylic acid groups (broad SMARTS) is 1. The molecule has 2 aliphatic carbocycles. The Morgan fingerprint density at radius 3 is 2.71 bits per heavy atom. The second kappa shape index (κ2) is 6.17. The van der Waals surface area contributed by atoms with Crippen LogP contribution in [0.3, 0.4) is 0 Å². The number of benzene rings is 2. The van der Waals surface area contributed by atoms with Gasteiger partial charge >= 0.3 is 5.97 Å². The van der Waals surface area contributed by atoms with E-state index < -0.39 is 17.2 Å². The monoisotopic (exact) mass is 420 g/mol. The van der Waals surface area contributed by atoms with Crippen molar-refractivity contribution in [3.8, 4) is 16.9 Å². The van der Waals surface area contributed by atoms with Crippen molar-refractivity contribution in [2.45, 2.75) is 43.8 Å². The summed E-state index contributed by atoms with van der Waals surface area (Å²) in [6.07, 6.45) is 5.36. The molecule has 158 valence electrons. The minimum absolute atomic E-state index is 0.0321. The van der Waals surface area contributed by atoms with Crippen LogP contribution in [0.2, 0.25) is 0 Å². The summed E-state index contributed by atoms with van der Waals surface area (Å²) in [4.78, 5) is 24.5. The Morgan fingerprint density at radius 2 is 2.06 bits per heavy atom. The molecule has 1 aliphatic heterocycles. The number of pyridine rings is 1. The van der Waals surface area contributed by atoms with Gasteiger partial charge in [0.15, 0.2) is 5.75 Å². The highest BCUT2D eigenvalue weighted by Gasteiger charge is 2.48. The van der Waals surface area contributed by atoms with E-state index in [9.17, 15) is 14.7 Å². The summed E-state index contributed by atoms with van der Waals surface area (Å²) in [6, 6.07) is 7.20. The van der Waals surface area contributed by atoms with Crippen LogP contribution in [0, 0.1) is 5.82 Å². The van der Waals surface area contributed by atoms with Crippen LogP contribution in [0.15, 0.2) is 35.3 Å². The van der Waals surface area contributed by atoms with Gasteiger partial charge in [-0.25, -0.2) is 9.18 Å². The number of nitrogens with zero attached hydrogens (tertiary/aromatic N) is 1. The summed E-state index contributed by atoms with van der Waals surface area (Å²) in [5, 5.41) is 13.1. The predicted octanol–water partition coefficient (Wildman–Crippen LogP) is 3.94. The molecule has 1 spiro atoms. The molecular weight excluding hydrogens is 399 g/mol. The van der Waals surface area contributed by atoms with Gasteiger partial charge in [0.05, 0.1) is 23.6 Å². The van der Waals surface area contributed by atoms with Crippen molar-refractivity contribution >= 4 is 16.9 Å². The molecule has 0 atom stereocenters. The van der Waals surface area contributed by atoms with Crippen LogP contribution in [0.25, 0.3) is 22.0 Å². The molecule has 1 aromatic heterocycles. The average Bonchev–Trinajstić information content (AvgIpc) is 3.66. The van der Waals surface area contributed by atoms with Gasteiger partial charge in [-0.1, -0.05) is 12.1 Å². The van der Waals surface area contributed by atoms with Crippen LogP contribution in [0.1, 0.15) is 53.2 Å². The molecule has 0 bridgehead atoms. The van der Waals surface area contributed by atoms with Crippen molar-refractivity contribution in [2.24, 2.45) is 0 Å². The first-order valence-electron chi connectivity index (χ1n) is 10.5. The van der Waals surface area contributed by atoms with Crippen LogP contribution >= 0.6 is 0 Å². The minimum Gasteiger partial charge on any atom is -0.494 e. The number of aromatic carboxylic acids is 1. The Hall–Kier alpha value is -3.19. The van der Waals surface area contributed by atoms with E-state index in [1.54, 1.807) is 4.57 Å². The zero-order chi connectivity index (χ0) is 21.5. The van der Waals surface area contributed by atoms with Gasteiger partial charge in [-0.15, -0.1) is 0 Å². The minimum atomic E-state index is -1.31. The van der Waals surface area contributed by atoms with Crippen molar-refractivity contribution in [3.05, 3.63) is 63.2 Å². The molecule has 0 saturated heterocycles. The Labute approximate surface area is 177 Å². The van der Waals surface area contributed by atoms with E-state index in [0.29, 0.717) is 16.6 Å². The second-order valence-corrected chi connectivity index (χ2v) is 8.79. The van der Waals surface area contributed by atoms with E-state index in [4.69, 9.17) is 4.74 Å². The van der Waals surface area contributed by atoms with Gasteiger partial charge in [-0.05, 0) is 54.5 Å². The van der Waals surface area contributed by atoms with Gasteiger partial charge in [0.2, 0.25) is 5.43 Å². The molecule has 2 saturated carbocycles. The van der Waals surface area contributed by atoms with Crippen LogP contribution in [0.5, 0.6) is 5.75 Å². The maximum absolute atomic E-state index is 15.4. The normalized spacial score (nSPS) is 18.4. The van der Waals surface area contributed by atoms with E-state index >= 15 is 4.39 Å². The maximum Gasteiger partial charge on any atom is 0.341 e. The van der Waals surface area contributed by atoms with E-state index in [2.05, 4.69) is 11.4 Å². The lowest BCUT2D eigenvalue weighted by atomic mass is 9.95. The SMILES string of the molecule is COc1c(-c2ccc3c(c2)CNC32CC2)c(F)cc2c(=O)c(C(=O)O)cn(C3CC3)c12. The van der Waals surface area contributed by atoms with Gasteiger partial charge in [0, 0.05) is 24.3 Å². The fraction of sp³-hybridized carbons (Fsp3) is 0.333. The molecule has 2 heterocycles. The number of nitrogens with one attached hydrogen (secondary N) is 1. The van der Waals surface area contributed by atoms with Crippen LogP contribution in [-0.4, -0.2) is 22.8 Å². The third kappa shape index (κ3) is 2.59. The van der Waals surface area contributed by atoms with Gasteiger partial charge < -0.3 is 19.7 Å². The molecule has 3 aliphatic rings. The number of hydrogen-bond acceptors (Lipinski definition) is 4. The second-order valence-electron chi connectivity index (χ2n) is 8.79. The molecule has 0 amide bonds. The molecule has 2 fully saturated rings. The number of rotatable bonds is 4. The van der Waals surface area contributed by atoms with E-state index in [0.717, 1.165) is 43.9 Å². The molecule has 0 radical (unpaired) electrons. The fourth-order valence-electron chi connectivity index (χ4n) is 5.01. The number of ether oxygens (including phenoxy) is 1. The number of methoxy groups -OCH3 is 1. The summed E-state index contributed by atoms with van der Waals surface area (Å²) >= 11 is 0. The molecule has 6 rings (SSSR count). The average molecular weight is 420 g/mol. The molecule has 2 aromatic carbocycles. The third-order valence-electron chi connectivity index (χ3n) is 6.87. The van der Waals surface area contributed by atoms with Crippen molar-refractivity contribution in [1.82, 2.24) is 9.88 Å². The summed E-state index contributed by atoms with van der Waals surface area (Å²) < 4.78 is 22.9. The molecule has 6 nitrogen and oxygen atoms in total. The largest absolute Gasteiger partial charge is 0.494 e. The van der Waals surface area contributed by atoms with Crippen LogP contribution < -0.4 is 15.5 Å². The number of hydrogen-bond donors (Lipinski definition) is 2. The van der Waals surface area contributed by atoms with E-state index in [1.165, 1.54) is 18.9 Å². The van der Waals surface area contributed by atoms with Crippen molar-refractivity contribution in [1.29, 1.82) is 0 Å². The molecule has 0 unspecified atom stereocenters. The summed E-state index contributed by atoms with van der Waals surface area (Å²) in [5.74, 6) is -1.65. The van der Waals surface area contributed by atoms with Crippen LogP contribution in [-0.2, 0) is 12.1 Å². The molecule has 2 N–H and O–H groups in total. The first-order valence-corrected chi connectivity index (χ1v) is 10.5. The molecular formula is C24H21FN2O4. The van der Waals surface area contributed by atoms with E-state index in [1.807, 2.05) is 12.1 Å². The Balaban J connectivity index is 1.64. The van der Waals surface area contributed by atoms with Gasteiger partial charge in [0.25, 0.3) is 0 Å². The number of carboxylic acids is 1.